The van der Waals surface area contributed by atoms with Gasteiger partial charge in [-0.05, 0) is 24.5 Å². The van der Waals surface area contributed by atoms with Crippen molar-refractivity contribution in [2.75, 3.05) is 33.3 Å². The lowest BCUT2D eigenvalue weighted by Gasteiger charge is -2.36. The Hall–Kier alpha value is -2.38. The first kappa shape index (κ1) is 21.8. The molecule has 166 valence electrons. The minimum absolute atomic E-state index is 0.0277. The molecule has 0 radical (unpaired) electrons. The number of nitrogens with zero attached hydrogens (tertiary/aromatic N) is 4. The fourth-order valence-electron chi connectivity index (χ4n) is 4.09. The van der Waals surface area contributed by atoms with Gasteiger partial charge in [-0.1, -0.05) is 32.9 Å². The SMILES string of the molecule is COc1cccc(-c2nc3sc(C)cn3c2CN2CCN(C(=O)CC(C)(C)C)CC2)c1. The third kappa shape index (κ3) is 4.93. The van der Waals surface area contributed by atoms with E-state index >= 15 is 0 Å². The molecule has 1 aliphatic rings. The molecule has 1 fully saturated rings. The van der Waals surface area contributed by atoms with Crippen molar-refractivity contribution in [1.82, 2.24) is 19.2 Å². The van der Waals surface area contributed by atoms with E-state index in [-0.39, 0.29) is 11.3 Å². The lowest BCUT2D eigenvalue weighted by molar-refractivity contribution is -0.134. The van der Waals surface area contributed by atoms with E-state index in [0.717, 1.165) is 54.7 Å². The summed E-state index contributed by atoms with van der Waals surface area (Å²) >= 11 is 1.71. The number of imidazole rings is 1. The van der Waals surface area contributed by atoms with Gasteiger partial charge in [0.2, 0.25) is 5.91 Å². The van der Waals surface area contributed by atoms with E-state index in [2.05, 4.69) is 49.3 Å². The fraction of sp³-hybridized carbons (Fsp3) is 0.500. The van der Waals surface area contributed by atoms with E-state index in [1.54, 1.807) is 18.4 Å². The highest BCUT2D eigenvalue weighted by Gasteiger charge is 2.26. The Labute approximate surface area is 188 Å². The largest absolute Gasteiger partial charge is 0.497 e. The maximum Gasteiger partial charge on any atom is 0.223 e. The summed E-state index contributed by atoms with van der Waals surface area (Å²) < 4.78 is 7.66. The van der Waals surface area contributed by atoms with Gasteiger partial charge in [0, 0.05) is 55.8 Å². The molecule has 7 heteroatoms. The average molecular weight is 441 g/mol. The molecule has 0 aliphatic carbocycles. The number of piperazine rings is 1. The summed E-state index contributed by atoms with van der Waals surface area (Å²) in [6.45, 7) is 12.6. The first-order valence-electron chi connectivity index (χ1n) is 10.9. The van der Waals surface area contributed by atoms with Gasteiger partial charge in [-0.2, -0.15) is 0 Å². The van der Waals surface area contributed by atoms with Crippen LogP contribution in [0.1, 0.15) is 37.8 Å². The summed E-state index contributed by atoms with van der Waals surface area (Å²) in [6, 6.07) is 8.11. The van der Waals surface area contributed by atoms with Crippen molar-refractivity contribution >= 4 is 22.2 Å². The third-order valence-electron chi connectivity index (χ3n) is 5.66. The van der Waals surface area contributed by atoms with E-state index in [1.807, 2.05) is 23.1 Å². The van der Waals surface area contributed by atoms with Gasteiger partial charge in [-0.3, -0.25) is 14.1 Å². The van der Waals surface area contributed by atoms with Crippen LogP contribution in [0.25, 0.3) is 16.2 Å². The summed E-state index contributed by atoms with van der Waals surface area (Å²) in [4.78, 5) is 24.3. The second kappa shape index (κ2) is 8.63. The number of benzene rings is 1. The van der Waals surface area contributed by atoms with Crippen LogP contribution in [0, 0.1) is 12.3 Å². The second-order valence-electron chi connectivity index (χ2n) is 9.53. The molecule has 31 heavy (non-hydrogen) atoms. The molecular weight excluding hydrogens is 408 g/mol. The van der Waals surface area contributed by atoms with E-state index in [4.69, 9.17) is 9.72 Å². The number of methoxy groups -OCH3 is 1. The van der Waals surface area contributed by atoms with Crippen molar-refractivity contribution in [3.8, 4) is 17.0 Å². The molecule has 3 heterocycles. The zero-order valence-corrected chi connectivity index (χ0v) is 20.0. The van der Waals surface area contributed by atoms with Gasteiger partial charge >= 0.3 is 0 Å². The number of rotatable bonds is 5. The topological polar surface area (TPSA) is 50.1 Å². The van der Waals surface area contributed by atoms with Gasteiger partial charge in [0.15, 0.2) is 4.96 Å². The highest BCUT2D eigenvalue weighted by Crippen LogP contribution is 2.31. The van der Waals surface area contributed by atoms with Crippen LogP contribution in [-0.2, 0) is 11.3 Å². The van der Waals surface area contributed by atoms with Crippen LogP contribution >= 0.6 is 11.3 Å². The Kier molecular flexibility index (Phi) is 6.08. The molecule has 4 rings (SSSR count). The van der Waals surface area contributed by atoms with Crippen LogP contribution < -0.4 is 4.74 Å². The molecule has 1 aliphatic heterocycles. The van der Waals surface area contributed by atoms with E-state index in [9.17, 15) is 4.79 Å². The summed E-state index contributed by atoms with van der Waals surface area (Å²) in [6.07, 6.45) is 2.78. The number of thiazole rings is 1. The van der Waals surface area contributed by atoms with Crippen LogP contribution in [0.3, 0.4) is 0 Å². The van der Waals surface area contributed by atoms with Gasteiger partial charge in [0.05, 0.1) is 18.5 Å². The van der Waals surface area contributed by atoms with Crippen molar-refractivity contribution in [3.05, 3.63) is 41.0 Å². The number of hydrogen-bond acceptors (Lipinski definition) is 5. The van der Waals surface area contributed by atoms with Gasteiger partial charge in [0.25, 0.3) is 0 Å². The number of aromatic nitrogens is 2. The van der Waals surface area contributed by atoms with Gasteiger partial charge < -0.3 is 9.64 Å². The van der Waals surface area contributed by atoms with Crippen molar-refractivity contribution in [3.63, 3.8) is 0 Å². The van der Waals surface area contributed by atoms with Crippen LogP contribution in [0.5, 0.6) is 5.75 Å². The van der Waals surface area contributed by atoms with Crippen molar-refractivity contribution < 1.29 is 9.53 Å². The zero-order valence-electron chi connectivity index (χ0n) is 19.1. The van der Waals surface area contributed by atoms with E-state index in [0.29, 0.717) is 6.42 Å². The number of carbonyl (C=O) groups is 1. The average Bonchev–Trinajstić information content (AvgIpc) is 3.24. The monoisotopic (exact) mass is 440 g/mol. The third-order valence-corrected chi connectivity index (χ3v) is 6.56. The number of aryl methyl sites for hydroxylation is 1. The molecule has 2 aromatic heterocycles. The highest BCUT2D eigenvalue weighted by atomic mass is 32.1. The van der Waals surface area contributed by atoms with Crippen molar-refractivity contribution in [2.45, 2.75) is 40.7 Å². The maximum atomic E-state index is 12.6. The molecule has 0 saturated carbocycles. The Bertz CT molecular complexity index is 1070. The minimum Gasteiger partial charge on any atom is -0.497 e. The predicted octanol–water partition coefficient (Wildman–Crippen LogP) is 4.46. The number of fused-ring (bicyclic) bond motifs is 1. The molecule has 1 aromatic carbocycles. The molecule has 3 aromatic rings. The summed E-state index contributed by atoms with van der Waals surface area (Å²) in [7, 11) is 1.69. The summed E-state index contributed by atoms with van der Waals surface area (Å²) in [5.74, 6) is 1.10. The summed E-state index contributed by atoms with van der Waals surface area (Å²) in [5.41, 5.74) is 3.31. The number of amides is 1. The Morgan fingerprint density at radius 2 is 1.94 bits per heavy atom. The van der Waals surface area contributed by atoms with E-state index in [1.165, 1.54) is 10.6 Å². The van der Waals surface area contributed by atoms with Crippen LogP contribution in [0.4, 0.5) is 0 Å². The molecule has 1 saturated heterocycles. The zero-order chi connectivity index (χ0) is 22.2. The number of ether oxygens (including phenoxy) is 1. The maximum absolute atomic E-state index is 12.6. The molecule has 1 amide bonds. The van der Waals surface area contributed by atoms with Crippen molar-refractivity contribution in [2.24, 2.45) is 5.41 Å². The molecule has 6 nitrogen and oxygen atoms in total. The lowest BCUT2D eigenvalue weighted by atomic mass is 9.91. The van der Waals surface area contributed by atoms with Gasteiger partial charge in [-0.25, -0.2) is 4.98 Å². The quantitative estimate of drug-likeness (QED) is 0.588. The molecule has 0 spiro atoms. The normalized spacial score (nSPS) is 15.6. The highest BCUT2D eigenvalue weighted by molar-refractivity contribution is 7.17. The standard InChI is InChI=1S/C24H32N4O2S/c1-17-15-28-20(16-26-9-11-27(12-10-26)21(29)14-24(2,3)4)22(25-23(28)31-17)18-7-6-8-19(13-18)30-5/h6-8,13,15H,9-12,14,16H2,1-5H3. The van der Waals surface area contributed by atoms with Crippen LogP contribution in [-0.4, -0.2) is 58.4 Å². The van der Waals surface area contributed by atoms with Gasteiger partial charge in [-0.15, -0.1) is 11.3 Å². The van der Waals surface area contributed by atoms with Crippen LogP contribution in [0.2, 0.25) is 0 Å². The molecule has 0 N–H and O–H groups in total. The molecule has 0 atom stereocenters. The van der Waals surface area contributed by atoms with Crippen molar-refractivity contribution in [1.29, 1.82) is 0 Å². The van der Waals surface area contributed by atoms with Gasteiger partial charge in [0.1, 0.15) is 5.75 Å². The predicted molar refractivity (Wildman–Crippen MR) is 126 cm³/mol. The Balaban J connectivity index is 1.54. The fourth-order valence-corrected chi connectivity index (χ4v) is 4.93. The summed E-state index contributed by atoms with van der Waals surface area (Å²) in [5, 5.41) is 0. The number of hydrogen-bond donors (Lipinski definition) is 0. The second-order valence-corrected chi connectivity index (χ2v) is 10.7. The van der Waals surface area contributed by atoms with Crippen LogP contribution in [0.15, 0.2) is 30.5 Å². The van der Waals surface area contributed by atoms with E-state index < -0.39 is 0 Å². The Morgan fingerprint density at radius 3 is 2.61 bits per heavy atom. The first-order chi connectivity index (χ1) is 14.7. The molecular formula is C24H32N4O2S. The molecule has 0 bridgehead atoms. The lowest BCUT2D eigenvalue weighted by Crippen LogP contribution is -2.49. The molecule has 0 unspecified atom stereocenters. The Morgan fingerprint density at radius 1 is 1.19 bits per heavy atom. The first-order valence-corrected chi connectivity index (χ1v) is 11.7. The minimum atomic E-state index is 0.0277. The number of carbonyl (C=O) groups excluding carboxylic acids is 1. The smallest absolute Gasteiger partial charge is 0.223 e.